The van der Waals surface area contributed by atoms with E-state index in [1.165, 1.54) is 92.1 Å². The van der Waals surface area contributed by atoms with Crippen molar-refractivity contribution < 1.29 is 0 Å². The minimum Gasteiger partial charge on any atom is -0.309 e. The van der Waals surface area contributed by atoms with E-state index < -0.39 is 0 Å². The molecule has 1 aliphatic rings. The van der Waals surface area contributed by atoms with E-state index in [2.05, 4.69) is 186 Å². The lowest BCUT2D eigenvalue weighted by Crippen LogP contribution is -2.00. The maximum Gasteiger partial charge on any atom is 0.0542 e. The van der Waals surface area contributed by atoms with Crippen molar-refractivity contribution in [1.82, 2.24) is 9.13 Å². The number of hydrogen-bond donors (Lipinski definition) is 0. The third kappa shape index (κ3) is 4.43. The second-order valence-electron chi connectivity index (χ2n) is 14.2. The van der Waals surface area contributed by atoms with Crippen LogP contribution in [0.4, 0.5) is 0 Å². The van der Waals surface area contributed by atoms with Crippen LogP contribution in [0.25, 0.3) is 93.4 Å². The summed E-state index contributed by atoms with van der Waals surface area (Å²) >= 11 is 1.94. The van der Waals surface area contributed by atoms with Crippen LogP contribution in [0, 0.1) is 5.92 Å². The van der Waals surface area contributed by atoms with Crippen molar-refractivity contribution >= 4 is 71.1 Å². The molecule has 0 radical (unpaired) electrons. The Morgan fingerprint density at radius 3 is 1.77 bits per heavy atom. The van der Waals surface area contributed by atoms with Gasteiger partial charge in [0.05, 0.1) is 22.1 Å². The lowest BCUT2D eigenvalue weighted by atomic mass is 9.92. The highest BCUT2D eigenvalue weighted by atomic mass is 32.1. The predicted octanol–water partition coefficient (Wildman–Crippen LogP) is 13.6. The van der Waals surface area contributed by atoms with E-state index >= 15 is 0 Å². The van der Waals surface area contributed by atoms with Gasteiger partial charge in [-0.3, -0.25) is 0 Å². The number of benzene rings is 7. The van der Waals surface area contributed by atoms with Crippen molar-refractivity contribution in [2.45, 2.75) is 13.3 Å². The third-order valence-corrected chi connectivity index (χ3v) is 12.3. The largest absolute Gasteiger partial charge is 0.309 e. The van der Waals surface area contributed by atoms with Crippen LogP contribution in [0.2, 0.25) is 0 Å². The Hall–Kier alpha value is -6.16. The van der Waals surface area contributed by atoms with E-state index in [4.69, 9.17) is 0 Å². The molecule has 0 bridgehead atoms. The first-order valence-corrected chi connectivity index (χ1v) is 19.0. The van der Waals surface area contributed by atoms with Crippen molar-refractivity contribution in [3.05, 3.63) is 174 Å². The van der Waals surface area contributed by atoms with Crippen LogP contribution >= 0.6 is 11.3 Å². The van der Waals surface area contributed by atoms with Gasteiger partial charge in [-0.1, -0.05) is 116 Å². The van der Waals surface area contributed by atoms with E-state index in [1.807, 2.05) is 11.3 Å². The topological polar surface area (TPSA) is 9.86 Å². The zero-order valence-corrected chi connectivity index (χ0v) is 29.6. The Balaban J connectivity index is 1.04. The van der Waals surface area contributed by atoms with Crippen LogP contribution in [-0.2, 0) is 6.42 Å². The second-order valence-corrected chi connectivity index (χ2v) is 15.3. The van der Waals surface area contributed by atoms with Gasteiger partial charge >= 0.3 is 0 Å². The third-order valence-electron chi connectivity index (χ3n) is 11.1. The minimum absolute atomic E-state index is 0.584. The summed E-state index contributed by atoms with van der Waals surface area (Å²) in [4.78, 5) is 1.41. The molecular weight excluding hydrogens is 649 g/mol. The standard InChI is InChI=1S/C49H34N2S/c1-31-23-26-48-43(27-31)41-19-10-18-37(49(41)52-48)34-13-8-11-32(28-34)33-12-9-14-35(29-33)50-46-22-7-4-17-40(46)42-30-36(24-25-47(42)50)51-44-20-5-2-15-38(44)39-16-3-6-21-45(39)51/h2-26,28-31H,27H2,1H3. The molecule has 246 valence electrons. The molecule has 1 unspecified atom stereocenters. The summed E-state index contributed by atoms with van der Waals surface area (Å²) in [5.41, 5.74) is 13.7. The van der Waals surface area contributed by atoms with Crippen LogP contribution in [0.3, 0.4) is 0 Å². The average molecular weight is 683 g/mol. The first kappa shape index (κ1) is 29.6. The first-order chi connectivity index (χ1) is 25.7. The molecule has 10 aromatic rings. The number of aromatic nitrogens is 2. The number of allylic oxidation sites excluding steroid dienone is 1. The van der Waals surface area contributed by atoms with Crippen LogP contribution in [0.1, 0.15) is 17.4 Å². The summed E-state index contributed by atoms with van der Waals surface area (Å²) in [6.07, 6.45) is 5.80. The van der Waals surface area contributed by atoms with Crippen LogP contribution < -0.4 is 0 Å². The molecule has 3 aromatic heterocycles. The quantitative estimate of drug-likeness (QED) is 0.175. The molecule has 7 aromatic carbocycles. The Morgan fingerprint density at radius 2 is 1.04 bits per heavy atom. The SMILES string of the molecule is CC1C=Cc2sc3c(-c4cccc(-c5cccc(-n6c7ccccc7c7cc(-n8c9ccccc9c9ccccc98)ccc76)c5)c4)cccc3c2C1. The van der Waals surface area contributed by atoms with Crippen LogP contribution in [0.5, 0.6) is 0 Å². The second kappa shape index (κ2) is 11.4. The van der Waals surface area contributed by atoms with Gasteiger partial charge in [0.1, 0.15) is 0 Å². The number of rotatable bonds is 4. The predicted molar refractivity (Wildman–Crippen MR) is 223 cm³/mol. The van der Waals surface area contributed by atoms with Gasteiger partial charge in [-0.2, -0.15) is 0 Å². The zero-order chi connectivity index (χ0) is 34.3. The number of hydrogen-bond acceptors (Lipinski definition) is 1. The van der Waals surface area contributed by atoms with Gasteiger partial charge in [-0.25, -0.2) is 0 Å². The molecule has 0 spiro atoms. The molecule has 0 fully saturated rings. The Kier molecular flexibility index (Phi) is 6.50. The number of thiophene rings is 1. The maximum absolute atomic E-state index is 2.43. The summed E-state index contributed by atoms with van der Waals surface area (Å²) in [6, 6.07) is 58.2. The molecule has 3 heteroatoms. The molecule has 0 saturated carbocycles. The summed E-state index contributed by atoms with van der Waals surface area (Å²) in [7, 11) is 0. The molecule has 2 nitrogen and oxygen atoms in total. The van der Waals surface area contributed by atoms with E-state index in [9.17, 15) is 0 Å². The number of nitrogens with zero attached hydrogens (tertiary/aromatic N) is 2. The average Bonchev–Trinajstić information content (AvgIpc) is 3.85. The number of para-hydroxylation sites is 3. The molecule has 11 rings (SSSR count). The van der Waals surface area contributed by atoms with Crippen molar-refractivity contribution in [3.63, 3.8) is 0 Å². The zero-order valence-electron chi connectivity index (χ0n) is 28.8. The Morgan fingerprint density at radius 1 is 0.481 bits per heavy atom. The molecule has 0 aliphatic heterocycles. The maximum atomic E-state index is 2.43. The van der Waals surface area contributed by atoms with Gasteiger partial charge in [0.25, 0.3) is 0 Å². The first-order valence-electron chi connectivity index (χ1n) is 18.2. The lowest BCUT2D eigenvalue weighted by molar-refractivity contribution is 0.724. The van der Waals surface area contributed by atoms with E-state index in [1.54, 1.807) is 0 Å². The Bertz CT molecular complexity index is 3020. The van der Waals surface area contributed by atoms with Crippen molar-refractivity contribution in [2.75, 3.05) is 0 Å². The summed E-state index contributed by atoms with van der Waals surface area (Å²) < 4.78 is 6.23. The highest BCUT2D eigenvalue weighted by Crippen LogP contribution is 2.43. The molecule has 1 aliphatic carbocycles. The van der Waals surface area contributed by atoms with Gasteiger partial charge in [-0.05, 0) is 106 Å². The highest BCUT2D eigenvalue weighted by Gasteiger charge is 2.20. The fraction of sp³-hybridized carbons (Fsp3) is 0.0612. The number of fused-ring (bicyclic) bond motifs is 9. The molecule has 0 amide bonds. The van der Waals surface area contributed by atoms with Crippen LogP contribution in [0.15, 0.2) is 164 Å². The summed E-state index contributed by atoms with van der Waals surface area (Å²) in [5, 5.41) is 6.47. The summed E-state index contributed by atoms with van der Waals surface area (Å²) in [6.45, 7) is 2.31. The van der Waals surface area contributed by atoms with Crippen molar-refractivity contribution in [2.24, 2.45) is 5.92 Å². The Labute approximate surface area is 306 Å². The monoisotopic (exact) mass is 682 g/mol. The van der Waals surface area contributed by atoms with Gasteiger partial charge in [-0.15, -0.1) is 11.3 Å². The minimum atomic E-state index is 0.584. The molecule has 3 heterocycles. The van der Waals surface area contributed by atoms with E-state index in [0.29, 0.717) is 5.92 Å². The van der Waals surface area contributed by atoms with Gasteiger partial charge < -0.3 is 9.13 Å². The molecule has 1 atom stereocenters. The van der Waals surface area contributed by atoms with Gasteiger partial charge in [0, 0.05) is 42.5 Å². The molecule has 0 saturated heterocycles. The van der Waals surface area contributed by atoms with Crippen molar-refractivity contribution in [3.8, 4) is 33.6 Å². The van der Waals surface area contributed by atoms with Gasteiger partial charge in [0.2, 0.25) is 0 Å². The fourth-order valence-corrected chi connectivity index (χ4v) is 9.95. The van der Waals surface area contributed by atoms with Crippen molar-refractivity contribution in [1.29, 1.82) is 0 Å². The summed E-state index contributed by atoms with van der Waals surface area (Å²) in [5.74, 6) is 0.584. The fourth-order valence-electron chi connectivity index (χ4n) is 8.67. The van der Waals surface area contributed by atoms with Gasteiger partial charge in [0.15, 0.2) is 0 Å². The smallest absolute Gasteiger partial charge is 0.0542 e. The molecule has 52 heavy (non-hydrogen) atoms. The van der Waals surface area contributed by atoms with E-state index in [-0.39, 0.29) is 0 Å². The molecular formula is C49H34N2S. The highest BCUT2D eigenvalue weighted by molar-refractivity contribution is 7.20. The van der Waals surface area contributed by atoms with Crippen LogP contribution in [-0.4, -0.2) is 9.13 Å². The lowest BCUT2D eigenvalue weighted by Gasteiger charge is -2.13. The normalized spacial score (nSPS) is 14.3. The molecule has 0 N–H and O–H groups in total. The van der Waals surface area contributed by atoms with E-state index in [0.717, 1.165) is 12.1 Å².